The summed E-state index contributed by atoms with van der Waals surface area (Å²) < 4.78 is 0. The Labute approximate surface area is 96.2 Å². The molecule has 0 saturated heterocycles. The van der Waals surface area contributed by atoms with Crippen molar-refractivity contribution >= 4 is 11.5 Å². The first-order valence-electron chi connectivity index (χ1n) is 5.87. The summed E-state index contributed by atoms with van der Waals surface area (Å²) in [4.78, 5) is 14.0. The van der Waals surface area contributed by atoms with Gasteiger partial charge in [-0.15, -0.1) is 0 Å². The van der Waals surface area contributed by atoms with Gasteiger partial charge in [-0.25, -0.2) is 0 Å². The fraction of sp³-hybridized carbons (Fsp3) is 0.462. The standard InChI is InChI=1S/C13H18N2O/c1-2-15-8-6-10-9-11(3-4-12(10)15)13(16)5-7-14/h3-4,9H,2,5-8,14H2,1H3. The maximum absolute atomic E-state index is 11.7. The number of nitrogens with two attached hydrogens (primary N) is 1. The third kappa shape index (κ3) is 1.95. The molecule has 0 aliphatic carbocycles. The van der Waals surface area contributed by atoms with Gasteiger partial charge >= 0.3 is 0 Å². The highest BCUT2D eigenvalue weighted by molar-refractivity contribution is 5.97. The van der Waals surface area contributed by atoms with Crippen molar-refractivity contribution in [3.05, 3.63) is 29.3 Å². The minimum absolute atomic E-state index is 0.153. The first-order chi connectivity index (χ1) is 7.76. The summed E-state index contributed by atoms with van der Waals surface area (Å²) >= 11 is 0. The van der Waals surface area contributed by atoms with E-state index < -0.39 is 0 Å². The van der Waals surface area contributed by atoms with Crippen molar-refractivity contribution in [1.82, 2.24) is 0 Å². The predicted octanol–water partition coefficient (Wildman–Crippen LogP) is 1.60. The number of hydrogen-bond donors (Lipinski definition) is 1. The molecule has 0 aromatic heterocycles. The Kier molecular flexibility index (Phi) is 3.25. The summed E-state index contributed by atoms with van der Waals surface area (Å²) in [5.74, 6) is 0.153. The van der Waals surface area contributed by atoms with E-state index in [-0.39, 0.29) is 5.78 Å². The zero-order valence-electron chi connectivity index (χ0n) is 9.70. The van der Waals surface area contributed by atoms with Gasteiger partial charge in [-0.1, -0.05) is 0 Å². The zero-order valence-corrected chi connectivity index (χ0v) is 9.70. The highest BCUT2D eigenvalue weighted by atomic mass is 16.1. The van der Waals surface area contributed by atoms with E-state index in [1.165, 1.54) is 11.3 Å². The highest BCUT2D eigenvalue weighted by Gasteiger charge is 2.18. The Morgan fingerprint density at radius 1 is 1.50 bits per heavy atom. The molecule has 1 aliphatic rings. The third-order valence-electron chi connectivity index (χ3n) is 3.15. The van der Waals surface area contributed by atoms with Gasteiger partial charge in [0.2, 0.25) is 0 Å². The van der Waals surface area contributed by atoms with E-state index in [1.54, 1.807) is 0 Å². The molecule has 1 heterocycles. The summed E-state index contributed by atoms with van der Waals surface area (Å²) in [6.07, 6.45) is 1.49. The van der Waals surface area contributed by atoms with Crippen molar-refractivity contribution in [3.63, 3.8) is 0 Å². The third-order valence-corrected chi connectivity index (χ3v) is 3.15. The van der Waals surface area contributed by atoms with Crippen LogP contribution < -0.4 is 10.6 Å². The Morgan fingerprint density at radius 3 is 3.00 bits per heavy atom. The number of benzene rings is 1. The molecule has 0 saturated carbocycles. The van der Waals surface area contributed by atoms with Crippen molar-refractivity contribution in [2.75, 3.05) is 24.5 Å². The van der Waals surface area contributed by atoms with Crippen molar-refractivity contribution in [3.8, 4) is 0 Å². The number of fused-ring (bicyclic) bond motifs is 1. The smallest absolute Gasteiger partial charge is 0.164 e. The van der Waals surface area contributed by atoms with Gasteiger partial charge in [-0.2, -0.15) is 0 Å². The molecule has 2 rings (SSSR count). The Morgan fingerprint density at radius 2 is 2.31 bits per heavy atom. The molecule has 1 aliphatic heterocycles. The Bertz CT molecular complexity index is 401. The van der Waals surface area contributed by atoms with Crippen molar-refractivity contribution < 1.29 is 4.79 Å². The molecule has 1 aromatic carbocycles. The molecule has 0 atom stereocenters. The van der Waals surface area contributed by atoms with Gasteiger partial charge in [-0.3, -0.25) is 4.79 Å². The summed E-state index contributed by atoms with van der Waals surface area (Å²) in [6, 6.07) is 6.02. The van der Waals surface area contributed by atoms with Gasteiger partial charge in [0.1, 0.15) is 0 Å². The van der Waals surface area contributed by atoms with E-state index in [1.807, 2.05) is 12.1 Å². The van der Waals surface area contributed by atoms with Crippen LogP contribution in [0.5, 0.6) is 0 Å². The van der Waals surface area contributed by atoms with Crippen LogP contribution in [0.4, 0.5) is 5.69 Å². The lowest BCUT2D eigenvalue weighted by Gasteiger charge is -2.16. The molecular formula is C13H18N2O. The number of carbonyl (C=O) groups excluding carboxylic acids is 1. The fourth-order valence-electron chi connectivity index (χ4n) is 2.25. The molecule has 0 unspecified atom stereocenters. The van der Waals surface area contributed by atoms with Crippen LogP contribution in [-0.2, 0) is 6.42 Å². The second-order valence-electron chi connectivity index (χ2n) is 4.14. The molecule has 1 aromatic rings. The van der Waals surface area contributed by atoms with Crippen molar-refractivity contribution in [1.29, 1.82) is 0 Å². The molecule has 86 valence electrons. The molecule has 16 heavy (non-hydrogen) atoms. The predicted molar refractivity (Wildman–Crippen MR) is 66.0 cm³/mol. The lowest BCUT2D eigenvalue weighted by molar-refractivity contribution is 0.0985. The van der Waals surface area contributed by atoms with Crippen LogP contribution in [0.15, 0.2) is 18.2 Å². The molecule has 3 heteroatoms. The quantitative estimate of drug-likeness (QED) is 0.781. The lowest BCUT2D eigenvalue weighted by Crippen LogP contribution is -2.19. The second kappa shape index (κ2) is 4.66. The Balaban J connectivity index is 2.24. The highest BCUT2D eigenvalue weighted by Crippen LogP contribution is 2.28. The van der Waals surface area contributed by atoms with Gasteiger partial charge in [0.25, 0.3) is 0 Å². The summed E-state index contributed by atoms with van der Waals surface area (Å²) in [5, 5.41) is 0. The number of likely N-dealkylation sites (N-methyl/N-ethyl adjacent to an activating group) is 1. The molecule has 0 bridgehead atoms. The maximum atomic E-state index is 11.7. The average Bonchev–Trinajstić information content (AvgIpc) is 2.71. The largest absolute Gasteiger partial charge is 0.371 e. The van der Waals surface area contributed by atoms with Crippen LogP contribution in [0.25, 0.3) is 0 Å². The van der Waals surface area contributed by atoms with Crippen LogP contribution in [0.1, 0.15) is 29.3 Å². The maximum Gasteiger partial charge on any atom is 0.164 e. The van der Waals surface area contributed by atoms with Gasteiger partial charge < -0.3 is 10.6 Å². The topological polar surface area (TPSA) is 46.3 Å². The number of rotatable bonds is 4. The fourth-order valence-corrected chi connectivity index (χ4v) is 2.25. The first-order valence-corrected chi connectivity index (χ1v) is 5.87. The zero-order chi connectivity index (χ0) is 11.5. The number of ketones is 1. The molecular weight excluding hydrogens is 200 g/mol. The molecule has 0 radical (unpaired) electrons. The van der Waals surface area contributed by atoms with Crippen LogP contribution in [0.2, 0.25) is 0 Å². The number of nitrogens with zero attached hydrogens (tertiary/aromatic N) is 1. The number of hydrogen-bond acceptors (Lipinski definition) is 3. The molecule has 3 nitrogen and oxygen atoms in total. The average molecular weight is 218 g/mol. The van der Waals surface area contributed by atoms with Crippen LogP contribution in [0, 0.1) is 0 Å². The van der Waals surface area contributed by atoms with Crippen LogP contribution in [-0.4, -0.2) is 25.4 Å². The molecule has 0 spiro atoms. The normalized spacial score (nSPS) is 14.0. The number of Topliss-reactive ketones (excluding diaryl/α,β-unsaturated/α-hetero) is 1. The second-order valence-corrected chi connectivity index (χ2v) is 4.14. The first kappa shape index (κ1) is 11.1. The van der Waals surface area contributed by atoms with E-state index in [2.05, 4.69) is 17.9 Å². The number of carbonyl (C=O) groups is 1. The summed E-state index contributed by atoms with van der Waals surface area (Å²) in [7, 11) is 0. The van der Waals surface area contributed by atoms with E-state index >= 15 is 0 Å². The summed E-state index contributed by atoms with van der Waals surface area (Å²) in [5.41, 5.74) is 8.78. The van der Waals surface area contributed by atoms with E-state index in [0.717, 1.165) is 25.1 Å². The monoisotopic (exact) mass is 218 g/mol. The van der Waals surface area contributed by atoms with Crippen molar-refractivity contribution in [2.45, 2.75) is 19.8 Å². The molecule has 0 fully saturated rings. The minimum atomic E-state index is 0.153. The molecule has 0 amide bonds. The van der Waals surface area contributed by atoms with Gasteiger partial charge in [-0.05, 0) is 43.7 Å². The van der Waals surface area contributed by atoms with Crippen molar-refractivity contribution in [2.24, 2.45) is 5.73 Å². The van der Waals surface area contributed by atoms with Gasteiger partial charge in [0, 0.05) is 30.8 Å². The Hall–Kier alpha value is -1.35. The lowest BCUT2D eigenvalue weighted by atomic mass is 10.0. The van der Waals surface area contributed by atoms with E-state index in [4.69, 9.17) is 5.73 Å². The van der Waals surface area contributed by atoms with Gasteiger partial charge in [0.15, 0.2) is 5.78 Å². The van der Waals surface area contributed by atoms with Crippen LogP contribution >= 0.6 is 0 Å². The number of anilines is 1. The van der Waals surface area contributed by atoms with E-state index in [0.29, 0.717) is 13.0 Å². The summed E-state index contributed by atoms with van der Waals surface area (Å²) in [6.45, 7) is 4.68. The van der Waals surface area contributed by atoms with Crippen LogP contribution in [0.3, 0.4) is 0 Å². The van der Waals surface area contributed by atoms with E-state index in [9.17, 15) is 4.79 Å². The SMILES string of the molecule is CCN1CCc2cc(C(=O)CCN)ccc21. The van der Waals surface area contributed by atoms with Gasteiger partial charge in [0.05, 0.1) is 0 Å². The minimum Gasteiger partial charge on any atom is -0.371 e. The molecule has 2 N–H and O–H groups in total.